The summed E-state index contributed by atoms with van der Waals surface area (Å²) in [6.07, 6.45) is 0.371. The highest BCUT2D eigenvalue weighted by molar-refractivity contribution is 5.92. The van der Waals surface area contributed by atoms with Crippen molar-refractivity contribution in [2.24, 2.45) is 0 Å². The predicted molar refractivity (Wildman–Crippen MR) is 80.6 cm³/mol. The highest BCUT2D eigenvalue weighted by atomic mass is 16.2. The van der Waals surface area contributed by atoms with Crippen LogP contribution in [0.5, 0.6) is 0 Å². The summed E-state index contributed by atoms with van der Waals surface area (Å²) in [4.78, 5) is 24.8. The number of likely N-dealkylation sites (N-methyl/N-ethyl adjacent to an activating group) is 1. The van der Waals surface area contributed by atoms with Gasteiger partial charge in [0.15, 0.2) is 0 Å². The predicted octanol–water partition coefficient (Wildman–Crippen LogP) is 1.25. The van der Waals surface area contributed by atoms with E-state index in [4.69, 9.17) is 0 Å². The molecule has 0 bridgehead atoms. The van der Waals surface area contributed by atoms with E-state index in [1.54, 1.807) is 19.0 Å². The van der Waals surface area contributed by atoms with Crippen LogP contribution in [0.1, 0.15) is 19.4 Å². The molecular formula is C15H23N3O2. The fraction of sp³-hybridized carbons (Fsp3) is 0.467. The van der Waals surface area contributed by atoms with Crippen LogP contribution in [0.2, 0.25) is 0 Å². The number of rotatable bonds is 6. The summed E-state index contributed by atoms with van der Waals surface area (Å²) in [5.74, 6) is -0.0151. The van der Waals surface area contributed by atoms with Crippen LogP contribution in [0.25, 0.3) is 0 Å². The quantitative estimate of drug-likeness (QED) is 0.823. The summed E-state index contributed by atoms with van der Waals surface area (Å²) >= 11 is 0. The first-order valence-corrected chi connectivity index (χ1v) is 6.71. The first kappa shape index (κ1) is 16.2. The Morgan fingerprint density at radius 1 is 1.15 bits per heavy atom. The highest BCUT2D eigenvalue weighted by Gasteiger charge is 2.06. The Bertz CT molecular complexity index is 453. The van der Waals surface area contributed by atoms with E-state index in [1.807, 2.05) is 38.1 Å². The molecule has 0 aliphatic rings. The van der Waals surface area contributed by atoms with Crippen molar-refractivity contribution in [3.05, 3.63) is 29.8 Å². The Hall–Kier alpha value is -1.88. The van der Waals surface area contributed by atoms with Gasteiger partial charge >= 0.3 is 0 Å². The van der Waals surface area contributed by atoms with Crippen LogP contribution in [0.3, 0.4) is 0 Å². The van der Waals surface area contributed by atoms with Gasteiger partial charge in [-0.1, -0.05) is 26.0 Å². The average Bonchev–Trinajstić information content (AvgIpc) is 2.38. The largest absolute Gasteiger partial charge is 0.349 e. The van der Waals surface area contributed by atoms with E-state index in [1.165, 1.54) is 0 Å². The molecule has 1 aromatic carbocycles. The fourth-order valence-electron chi connectivity index (χ4n) is 1.54. The second-order valence-electron chi connectivity index (χ2n) is 5.25. The van der Waals surface area contributed by atoms with E-state index in [2.05, 4.69) is 10.6 Å². The molecule has 0 aliphatic heterocycles. The van der Waals surface area contributed by atoms with Crippen LogP contribution in [0.15, 0.2) is 24.3 Å². The lowest BCUT2D eigenvalue weighted by molar-refractivity contribution is -0.128. The maximum absolute atomic E-state index is 11.6. The van der Waals surface area contributed by atoms with Crippen LogP contribution < -0.4 is 10.6 Å². The van der Waals surface area contributed by atoms with Crippen molar-refractivity contribution in [3.63, 3.8) is 0 Å². The van der Waals surface area contributed by atoms with Gasteiger partial charge in [-0.3, -0.25) is 9.59 Å². The third-order valence-corrected chi connectivity index (χ3v) is 2.76. The molecule has 0 unspecified atom stereocenters. The number of hydrogen-bond acceptors (Lipinski definition) is 3. The van der Waals surface area contributed by atoms with Gasteiger partial charge in [-0.25, -0.2) is 0 Å². The molecule has 0 saturated heterocycles. The van der Waals surface area contributed by atoms with E-state index in [0.717, 1.165) is 11.3 Å². The summed E-state index contributed by atoms with van der Waals surface area (Å²) in [7, 11) is 3.47. The Kier molecular flexibility index (Phi) is 6.18. The number of anilines is 1. The monoisotopic (exact) mass is 277 g/mol. The SMILES string of the molecule is CC(C)NCC(=O)Nc1ccc(CC(=O)N(C)C)cc1. The third-order valence-electron chi connectivity index (χ3n) is 2.76. The lowest BCUT2D eigenvalue weighted by Gasteiger charge is -2.11. The number of nitrogens with one attached hydrogen (secondary N) is 2. The minimum atomic E-state index is -0.0733. The topological polar surface area (TPSA) is 61.4 Å². The normalized spacial score (nSPS) is 10.4. The standard InChI is InChI=1S/C15H23N3O2/c1-11(2)16-10-14(19)17-13-7-5-12(6-8-13)9-15(20)18(3)4/h5-8,11,16H,9-10H2,1-4H3,(H,17,19). The maximum Gasteiger partial charge on any atom is 0.238 e. The van der Waals surface area contributed by atoms with Crippen molar-refractivity contribution in [2.75, 3.05) is 26.0 Å². The van der Waals surface area contributed by atoms with E-state index in [9.17, 15) is 9.59 Å². The molecule has 0 aromatic heterocycles. The molecule has 110 valence electrons. The second kappa shape index (κ2) is 7.65. The highest BCUT2D eigenvalue weighted by Crippen LogP contribution is 2.10. The van der Waals surface area contributed by atoms with Crippen LogP contribution in [-0.4, -0.2) is 43.4 Å². The lowest BCUT2D eigenvalue weighted by atomic mass is 10.1. The zero-order chi connectivity index (χ0) is 15.1. The fourth-order valence-corrected chi connectivity index (χ4v) is 1.54. The molecule has 0 radical (unpaired) electrons. The van der Waals surface area contributed by atoms with E-state index in [-0.39, 0.29) is 17.9 Å². The number of benzene rings is 1. The minimum absolute atomic E-state index is 0.0583. The van der Waals surface area contributed by atoms with Gasteiger partial charge in [0.25, 0.3) is 0 Å². The number of amides is 2. The Morgan fingerprint density at radius 2 is 1.75 bits per heavy atom. The molecule has 2 N–H and O–H groups in total. The van der Waals surface area contributed by atoms with Crippen LogP contribution in [0.4, 0.5) is 5.69 Å². The zero-order valence-corrected chi connectivity index (χ0v) is 12.6. The molecule has 1 rings (SSSR count). The number of carbonyl (C=O) groups excluding carboxylic acids is 2. The summed E-state index contributed by atoms with van der Waals surface area (Å²) in [5, 5.41) is 5.86. The maximum atomic E-state index is 11.6. The number of hydrogen-bond donors (Lipinski definition) is 2. The minimum Gasteiger partial charge on any atom is -0.349 e. The molecule has 0 atom stereocenters. The second-order valence-corrected chi connectivity index (χ2v) is 5.25. The van der Waals surface area contributed by atoms with Crippen LogP contribution in [0, 0.1) is 0 Å². The first-order valence-electron chi connectivity index (χ1n) is 6.71. The van der Waals surface area contributed by atoms with Crippen molar-refractivity contribution in [1.29, 1.82) is 0 Å². The first-order chi connectivity index (χ1) is 9.38. The van der Waals surface area contributed by atoms with Gasteiger partial charge in [0, 0.05) is 25.8 Å². The molecular weight excluding hydrogens is 254 g/mol. The summed E-state index contributed by atoms with van der Waals surface area (Å²) in [6.45, 7) is 4.27. The van der Waals surface area contributed by atoms with Crippen molar-refractivity contribution in [3.8, 4) is 0 Å². The molecule has 0 fully saturated rings. The van der Waals surface area contributed by atoms with Crippen molar-refractivity contribution < 1.29 is 9.59 Å². The molecule has 5 nitrogen and oxygen atoms in total. The molecule has 0 spiro atoms. The Morgan fingerprint density at radius 3 is 2.25 bits per heavy atom. The van der Waals surface area contributed by atoms with Crippen LogP contribution >= 0.6 is 0 Å². The molecule has 0 heterocycles. The Balaban J connectivity index is 2.50. The lowest BCUT2D eigenvalue weighted by Crippen LogP contribution is -2.32. The zero-order valence-electron chi connectivity index (χ0n) is 12.6. The van der Waals surface area contributed by atoms with Gasteiger partial charge in [0.05, 0.1) is 13.0 Å². The van der Waals surface area contributed by atoms with Crippen molar-refractivity contribution in [1.82, 2.24) is 10.2 Å². The van der Waals surface area contributed by atoms with Crippen LogP contribution in [-0.2, 0) is 16.0 Å². The van der Waals surface area contributed by atoms with Gasteiger partial charge in [0.2, 0.25) is 11.8 Å². The number of carbonyl (C=O) groups is 2. The molecule has 0 aliphatic carbocycles. The van der Waals surface area contributed by atoms with Gasteiger partial charge in [0.1, 0.15) is 0 Å². The third kappa shape index (κ3) is 5.84. The number of nitrogens with zero attached hydrogens (tertiary/aromatic N) is 1. The molecule has 1 aromatic rings. The molecule has 20 heavy (non-hydrogen) atoms. The van der Waals surface area contributed by atoms with Crippen molar-refractivity contribution in [2.45, 2.75) is 26.3 Å². The van der Waals surface area contributed by atoms with Crippen molar-refractivity contribution >= 4 is 17.5 Å². The smallest absolute Gasteiger partial charge is 0.238 e. The van der Waals surface area contributed by atoms with E-state index < -0.39 is 0 Å². The van der Waals surface area contributed by atoms with Gasteiger partial charge in [-0.2, -0.15) is 0 Å². The Labute approximate surface area is 120 Å². The summed E-state index contributed by atoms with van der Waals surface area (Å²) in [6, 6.07) is 7.61. The summed E-state index contributed by atoms with van der Waals surface area (Å²) < 4.78 is 0. The van der Waals surface area contributed by atoms with Gasteiger partial charge in [-0.15, -0.1) is 0 Å². The van der Waals surface area contributed by atoms with Gasteiger partial charge in [-0.05, 0) is 17.7 Å². The molecule has 5 heteroatoms. The summed E-state index contributed by atoms with van der Waals surface area (Å²) in [5.41, 5.74) is 1.67. The van der Waals surface area contributed by atoms with E-state index in [0.29, 0.717) is 13.0 Å². The molecule has 0 saturated carbocycles. The average molecular weight is 277 g/mol. The van der Waals surface area contributed by atoms with Gasteiger partial charge < -0.3 is 15.5 Å². The van der Waals surface area contributed by atoms with E-state index >= 15 is 0 Å². The molecule has 2 amide bonds.